The van der Waals surface area contributed by atoms with Crippen LogP contribution in [0.5, 0.6) is 0 Å². The summed E-state index contributed by atoms with van der Waals surface area (Å²) in [5.74, 6) is -4.83. The normalized spacial score (nSPS) is 14.4. The molecule has 0 unspecified atom stereocenters. The van der Waals surface area contributed by atoms with Gasteiger partial charge in [-0.2, -0.15) is 0 Å². The van der Waals surface area contributed by atoms with E-state index in [0.717, 1.165) is 66.9 Å². The number of carboxylic acids is 1. The molecule has 12 rings (SSSR count). The van der Waals surface area contributed by atoms with E-state index in [-0.39, 0.29) is 82.4 Å². The smallest absolute Gasteiger partial charge is 0.328 e. The van der Waals surface area contributed by atoms with Gasteiger partial charge in [0.2, 0.25) is 0 Å². The van der Waals surface area contributed by atoms with Crippen LogP contribution in [0.2, 0.25) is 20.1 Å². The molecule has 4 aromatic heterocycles. The Hall–Kier alpha value is -9.30. The van der Waals surface area contributed by atoms with E-state index in [9.17, 15) is 36.7 Å². The number of rotatable bonds is 14. The Bertz CT molecular complexity index is 4410. The van der Waals surface area contributed by atoms with E-state index in [1.807, 2.05) is 72.8 Å². The van der Waals surface area contributed by atoms with Gasteiger partial charge in [-0.3, -0.25) is 14.4 Å². The number of aryl methyl sites for hydroxylation is 1. The number of likely N-dealkylation sites (tertiary alicyclic amines) is 2. The summed E-state index contributed by atoms with van der Waals surface area (Å²) in [6, 6.07) is 43.3. The molecule has 0 spiro atoms. The fourth-order valence-corrected chi connectivity index (χ4v) is 11.6. The Kier molecular flexibility index (Phi) is 20.9. The number of allylic oxidation sites excluding steroid dienone is 1. The van der Waals surface area contributed by atoms with Crippen molar-refractivity contribution >= 4 is 116 Å². The molecule has 7 N–H and O–H groups in total. The molecule has 6 aromatic carbocycles. The van der Waals surface area contributed by atoms with Crippen LogP contribution >= 0.6 is 46.4 Å². The number of alkyl halides is 4. The number of hydrogen-bond acceptors (Lipinski definition) is 11. The van der Waals surface area contributed by atoms with Gasteiger partial charge in [-0.05, 0) is 184 Å². The van der Waals surface area contributed by atoms with Crippen molar-refractivity contribution in [2.75, 3.05) is 37.6 Å². The average molecular weight is 1340 g/mol. The lowest BCUT2D eigenvalue weighted by Crippen LogP contribution is -2.42. The van der Waals surface area contributed by atoms with E-state index in [0.29, 0.717) is 77.5 Å². The molecule has 476 valence electrons. The van der Waals surface area contributed by atoms with Crippen molar-refractivity contribution in [3.05, 3.63) is 224 Å². The Labute approximate surface area is 551 Å². The summed E-state index contributed by atoms with van der Waals surface area (Å²) in [7, 11) is 0. The zero-order valence-electron chi connectivity index (χ0n) is 49.5. The number of hydrogen-bond donors (Lipinski definition) is 4. The monoisotopic (exact) mass is 1340 g/mol. The van der Waals surface area contributed by atoms with Crippen molar-refractivity contribution in [1.82, 2.24) is 19.8 Å². The molecule has 93 heavy (non-hydrogen) atoms. The first-order chi connectivity index (χ1) is 44.4. The number of nitrogen functional groups attached to an aromatic ring is 2. The SMILES string of the molecule is NCc1cc2cc(-c3ccc(C(=O)N4CCC(F)(F)CC4)cc3)cc(-c3cc(Cl)cc(Cl)c3)c2o1.Nc1ccc(/C=C/C(=O)CCc2cc3cc(-c4ccc(C(=O)N5CCC(F)(F)CC5)cc4)cc(-c4cc(Cl)cc(Cl)c4)c3o2)cn1.Nc1ccc(/C=C/C(=O)O)cn1. The molecule has 2 fully saturated rings. The van der Waals surface area contributed by atoms with Crippen LogP contribution in [0.3, 0.4) is 0 Å². The number of pyridine rings is 2. The number of piperidine rings is 2. The molecule has 6 heterocycles. The van der Waals surface area contributed by atoms with Crippen LogP contribution in [-0.4, -0.2) is 86.5 Å². The molecule has 2 aliphatic rings. The number of furan rings is 2. The van der Waals surface area contributed by atoms with Crippen molar-refractivity contribution in [3.8, 4) is 44.5 Å². The third-order valence-corrected chi connectivity index (χ3v) is 16.4. The first kappa shape index (κ1) is 66.6. The quantitative estimate of drug-likeness (QED) is 0.0589. The van der Waals surface area contributed by atoms with Gasteiger partial charge in [0.25, 0.3) is 23.7 Å². The minimum Gasteiger partial charge on any atom is -0.478 e. The number of anilines is 2. The van der Waals surface area contributed by atoms with Crippen molar-refractivity contribution < 1.29 is 50.7 Å². The number of fused-ring (bicyclic) bond motifs is 2. The highest BCUT2D eigenvalue weighted by atomic mass is 35.5. The van der Waals surface area contributed by atoms with Crippen molar-refractivity contribution in [2.24, 2.45) is 5.73 Å². The van der Waals surface area contributed by atoms with Gasteiger partial charge in [0, 0.05) is 136 Å². The summed E-state index contributed by atoms with van der Waals surface area (Å²) in [4.78, 5) is 59.3. The summed E-state index contributed by atoms with van der Waals surface area (Å²) in [6.07, 6.45) is 8.20. The second-order valence-corrected chi connectivity index (χ2v) is 24.0. The molecular weight excluding hydrogens is 1280 g/mol. The maximum absolute atomic E-state index is 13.6. The molecule has 0 bridgehead atoms. The van der Waals surface area contributed by atoms with E-state index >= 15 is 0 Å². The number of carbonyl (C=O) groups excluding carboxylic acids is 3. The molecule has 2 aliphatic heterocycles. The van der Waals surface area contributed by atoms with Gasteiger partial charge in [0.15, 0.2) is 5.78 Å². The van der Waals surface area contributed by atoms with Gasteiger partial charge < -0.3 is 40.9 Å². The maximum Gasteiger partial charge on any atom is 0.328 e. The largest absolute Gasteiger partial charge is 0.478 e. The van der Waals surface area contributed by atoms with Crippen molar-refractivity contribution in [3.63, 3.8) is 0 Å². The van der Waals surface area contributed by atoms with Gasteiger partial charge in [-0.1, -0.05) is 70.7 Å². The number of amides is 2. The number of carboxylic acid groups (broad SMARTS) is 1. The number of nitrogens with two attached hydrogens (primary N) is 3. The fourth-order valence-electron chi connectivity index (χ4n) is 10.6. The van der Waals surface area contributed by atoms with Gasteiger partial charge in [0.1, 0.15) is 34.3 Å². The highest BCUT2D eigenvalue weighted by molar-refractivity contribution is 6.36. The minimum absolute atomic E-state index is 0.0283. The topological polar surface area (TPSA) is 225 Å². The van der Waals surface area contributed by atoms with E-state index in [1.165, 1.54) is 28.1 Å². The van der Waals surface area contributed by atoms with E-state index in [2.05, 4.69) is 9.97 Å². The predicted octanol–water partition coefficient (Wildman–Crippen LogP) is 17.3. The Morgan fingerprint density at radius 2 is 0.903 bits per heavy atom. The van der Waals surface area contributed by atoms with Gasteiger partial charge in [-0.25, -0.2) is 32.3 Å². The standard InChI is InChI=1S/C36H29Cl2F2N3O3.C27H22Cl2F2N2O2.C8H8N2O2/c37-28-16-26(17-29(38)20-28)32-19-25(23-3-5-24(6-4-23)35(45)43-13-11-36(39,40)12-14-43)15-27-18-31(46-34(27)32)9-8-30(44)7-1-22-2-10-33(41)42-21-22;28-21-10-19(11-22(29)14-21)24-13-18(9-20-12-23(15-32)35-25(20)24)16-1-3-17(4-2-16)26(34)33-7-5-27(30,31)6-8-33;9-7-3-1-6(5-10-7)2-4-8(11)12/h1-7,10,15-21H,8-9,11-14H2,(H2,41,42);1-4,9-14H,5-8,15,32H2;1-5H,(H2,9,10)(H,11,12)/b7-1+;;4-2+. The number of carbonyl (C=O) groups is 4. The van der Waals surface area contributed by atoms with Crippen LogP contribution in [0.25, 0.3) is 78.6 Å². The highest BCUT2D eigenvalue weighted by Crippen LogP contribution is 2.41. The molecule has 0 atom stereocenters. The van der Waals surface area contributed by atoms with E-state index < -0.39 is 17.8 Å². The molecule has 22 heteroatoms. The fraction of sp³-hybridized carbons (Fsp3) is 0.183. The summed E-state index contributed by atoms with van der Waals surface area (Å²) < 4.78 is 66.4. The van der Waals surface area contributed by atoms with Gasteiger partial charge >= 0.3 is 5.97 Å². The second kappa shape index (κ2) is 29.1. The number of nitrogens with zero attached hydrogens (tertiary/aromatic N) is 4. The number of aromatic nitrogens is 2. The lowest BCUT2D eigenvalue weighted by atomic mass is 9.96. The lowest BCUT2D eigenvalue weighted by molar-refractivity contribution is -0.131. The third kappa shape index (κ3) is 17.4. The summed E-state index contributed by atoms with van der Waals surface area (Å²) in [5, 5.41) is 12.0. The second-order valence-electron chi connectivity index (χ2n) is 22.3. The van der Waals surface area contributed by atoms with Crippen LogP contribution in [0, 0.1) is 0 Å². The Morgan fingerprint density at radius 3 is 1.29 bits per heavy atom. The Balaban J connectivity index is 0.000000177. The first-order valence-electron chi connectivity index (χ1n) is 29.3. The zero-order chi connectivity index (χ0) is 66.1. The number of benzene rings is 6. The minimum atomic E-state index is -2.72. The maximum atomic E-state index is 13.6. The average Bonchev–Trinajstić information content (AvgIpc) is 1.72. The predicted molar refractivity (Wildman–Crippen MR) is 359 cm³/mol. The molecular formula is C71H59Cl4F4N7O7. The number of ketones is 1. The Morgan fingerprint density at radius 1 is 0.505 bits per heavy atom. The van der Waals surface area contributed by atoms with E-state index in [1.54, 1.807) is 85.1 Å². The molecule has 0 radical (unpaired) electrons. The van der Waals surface area contributed by atoms with Crippen molar-refractivity contribution in [1.29, 1.82) is 0 Å². The highest BCUT2D eigenvalue weighted by Gasteiger charge is 2.37. The molecule has 2 saturated heterocycles. The number of aliphatic carboxylic acids is 1. The zero-order valence-corrected chi connectivity index (χ0v) is 52.6. The van der Waals surface area contributed by atoms with Gasteiger partial charge in [-0.15, -0.1) is 0 Å². The van der Waals surface area contributed by atoms with Crippen LogP contribution in [-0.2, 0) is 22.6 Å². The van der Waals surface area contributed by atoms with Crippen LogP contribution < -0.4 is 17.2 Å². The summed E-state index contributed by atoms with van der Waals surface area (Å²) in [6.45, 7) is 0.430. The van der Waals surface area contributed by atoms with Crippen LogP contribution in [0.1, 0.15) is 75.5 Å². The summed E-state index contributed by atoms with van der Waals surface area (Å²) in [5.41, 5.74) is 27.1. The van der Waals surface area contributed by atoms with Crippen molar-refractivity contribution in [2.45, 2.75) is 56.9 Å². The number of halogens is 8. The summed E-state index contributed by atoms with van der Waals surface area (Å²) >= 11 is 25.2. The van der Waals surface area contributed by atoms with Gasteiger partial charge in [0.05, 0.1) is 6.54 Å². The molecule has 0 aliphatic carbocycles. The van der Waals surface area contributed by atoms with Crippen LogP contribution in [0.4, 0.5) is 29.2 Å². The third-order valence-electron chi connectivity index (χ3n) is 15.5. The van der Waals surface area contributed by atoms with E-state index in [4.69, 9.17) is 77.5 Å². The molecule has 10 aromatic rings. The lowest BCUT2D eigenvalue weighted by Gasteiger charge is -2.31. The molecule has 0 saturated carbocycles. The first-order valence-corrected chi connectivity index (χ1v) is 30.8. The molecule has 2 amide bonds. The molecule has 14 nitrogen and oxygen atoms in total. The van der Waals surface area contributed by atoms with Crippen LogP contribution in [0.15, 0.2) is 179 Å².